The number of nitrogens with one attached hydrogen (secondary N) is 1. The van der Waals surface area contributed by atoms with Gasteiger partial charge in [0, 0.05) is 11.0 Å². The number of imide groups is 1. The standard InChI is InChI=1S/C20H19BrN2O3/c21-15-9-10-16-17(12-15)20(26)23(19(16)25)13-18(24)22-11-5-4-8-14-6-2-1-3-7-14/h1-3,6-7,9-10,12H,4-5,8,11,13H2,(H,22,24). The first-order valence-electron chi connectivity index (χ1n) is 8.52. The Hall–Kier alpha value is -2.47. The molecule has 6 heteroatoms. The average Bonchev–Trinajstić information content (AvgIpc) is 2.87. The third kappa shape index (κ3) is 4.19. The molecule has 0 saturated carbocycles. The van der Waals surface area contributed by atoms with E-state index in [-0.39, 0.29) is 12.5 Å². The minimum absolute atomic E-state index is 0.247. The molecule has 0 saturated heterocycles. The number of fused-ring (bicyclic) bond motifs is 1. The fourth-order valence-electron chi connectivity index (χ4n) is 2.93. The molecule has 0 fully saturated rings. The first-order valence-corrected chi connectivity index (χ1v) is 9.32. The van der Waals surface area contributed by atoms with Gasteiger partial charge in [0.1, 0.15) is 6.54 Å². The van der Waals surface area contributed by atoms with Crippen LogP contribution in [0.15, 0.2) is 53.0 Å². The highest BCUT2D eigenvalue weighted by molar-refractivity contribution is 9.10. The van der Waals surface area contributed by atoms with Gasteiger partial charge in [-0.1, -0.05) is 46.3 Å². The third-order valence-corrected chi connectivity index (χ3v) is 4.78. The number of nitrogens with zero attached hydrogens (tertiary/aromatic N) is 1. The maximum atomic E-state index is 12.3. The lowest BCUT2D eigenvalue weighted by Crippen LogP contribution is -2.40. The zero-order chi connectivity index (χ0) is 18.5. The van der Waals surface area contributed by atoms with Gasteiger partial charge >= 0.3 is 0 Å². The molecular formula is C20H19BrN2O3. The highest BCUT2D eigenvalue weighted by Crippen LogP contribution is 2.25. The van der Waals surface area contributed by atoms with Crippen molar-refractivity contribution in [2.75, 3.05) is 13.1 Å². The Morgan fingerprint density at radius 3 is 2.46 bits per heavy atom. The highest BCUT2D eigenvalue weighted by atomic mass is 79.9. The summed E-state index contributed by atoms with van der Waals surface area (Å²) in [6, 6.07) is 15.1. The minimum atomic E-state index is -0.425. The van der Waals surface area contributed by atoms with Crippen LogP contribution in [0.5, 0.6) is 0 Å². The lowest BCUT2D eigenvalue weighted by atomic mass is 10.1. The van der Waals surface area contributed by atoms with Crippen LogP contribution in [0.2, 0.25) is 0 Å². The molecule has 0 aliphatic carbocycles. The van der Waals surface area contributed by atoms with Crippen LogP contribution in [0.25, 0.3) is 0 Å². The van der Waals surface area contributed by atoms with Gasteiger partial charge in [0.05, 0.1) is 11.1 Å². The summed E-state index contributed by atoms with van der Waals surface area (Å²) in [6.07, 6.45) is 2.77. The molecule has 134 valence electrons. The first kappa shape index (κ1) is 18.3. The van der Waals surface area contributed by atoms with Crippen molar-refractivity contribution in [2.45, 2.75) is 19.3 Å². The van der Waals surface area contributed by atoms with Gasteiger partial charge in [-0.15, -0.1) is 0 Å². The number of aryl methyl sites for hydroxylation is 1. The fourth-order valence-corrected chi connectivity index (χ4v) is 3.29. The summed E-state index contributed by atoms with van der Waals surface area (Å²) >= 11 is 3.29. The zero-order valence-electron chi connectivity index (χ0n) is 14.2. The van der Waals surface area contributed by atoms with E-state index in [4.69, 9.17) is 0 Å². The van der Waals surface area contributed by atoms with Crippen molar-refractivity contribution >= 4 is 33.7 Å². The topological polar surface area (TPSA) is 66.5 Å². The molecule has 1 aliphatic heterocycles. The second kappa shape index (κ2) is 8.27. The number of halogens is 1. The Morgan fingerprint density at radius 1 is 0.962 bits per heavy atom. The molecule has 0 radical (unpaired) electrons. The van der Waals surface area contributed by atoms with E-state index in [0.717, 1.165) is 28.6 Å². The van der Waals surface area contributed by atoms with Crippen molar-refractivity contribution in [2.24, 2.45) is 0 Å². The molecule has 1 aliphatic rings. The predicted molar refractivity (Wildman–Crippen MR) is 102 cm³/mol. The number of rotatable bonds is 7. The zero-order valence-corrected chi connectivity index (χ0v) is 15.8. The SMILES string of the molecule is O=C(CN1C(=O)c2ccc(Br)cc2C1=O)NCCCCc1ccccc1. The van der Waals surface area contributed by atoms with E-state index < -0.39 is 11.8 Å². The average molecular weight is 415 g/mol. The molecule has 1 N–H and O–H groups in total. The van der Waals surface area contributed by atoms with Gasteiger partial charge in [-0.05, 0) is 43.0 Å². The van der Waals surface area contributed by atoms with Gasteiger partial charge in [0.15, 0.2) is 0 Å². The Labute approximate surface area is 160 Å². The lowest BCUT2D eigenvalue weighted by Gasteiger charge is -2.13. The van der Waals surface area contributed by atoms with E-state index in [9.17, 15) is 14.4 Å². The molecule has 0 atom stereocenters. The normalized spacial score (nSPS) is 13.0. The summed E-state index contributed by atoms with van der Waals surface area (Å²) in [5.41, 5.74) is 1.95. The van der Waals surface area contributed by atoms with Gasteiger partial charge in [-0.25, -0.2) is 0 Å². The fraction of sp³-hybridized carbons (Fsp3) is 0.250. The number of amides is 3. The maximum Gasteiger partial charge on any atom is 0.262 e. The number of unbranched alkanes of at least 4 members (excludes halogenated alkanes) is 1. The van der Waals surface area contributed by atoms with Crippen molar-refractivity contribution in [3.8, 4) is 0 Å². The van der Waals surface area contributed by atoms with E-state index in [2.05, 4.69) is 33.4 Å². The number of benzene rings is 2. The number of hydrogen-bond acceptors (Lipinski definition) is 3. The molecule has 1 heterocycles. The van der Waals surface area contributed by atoms with Crippen LogP contribution in [0.4, 0.5) is 0 Å². The third-order valence-electron chi connectivity index (χ3n) is 4.29. The van der Waals surface area contributed by atoms with Crippen LogP contribution in [-0.4, -0.2) is 35.7 Å². The molecule has 0 spiro atoms. The summed E-state index contributed by atoms with van der Waals surface area (Å²) in [5.74, 6) is -1.17. The quantitative estimate of drug-likeness (QED) is 0.558. The monoisotopic (exact) mass is 414 g/mol. The van der Waals surface area contributed by atoms with Crippen LogP contribution in [0.1, 0.15) is 39.1 Å². The Morgan fingerprint density at radius 2 is 1.69 bits per heavy atom. The summed E-state index contributed by atoms with van der Waals surface area (Å²) in [6.45, 7) is 0.281. The lowest BCUT2D eigenvalue weighted by molar-refractivity contribution is -0.121. The van der Waals surface area contributed by atoms with Gasteiger partial charge in [-0.3, -0.25) is 19.3 Å². The van der Waals surface area contributed by atoms with Gasteiger partial charge in [0.25, 0.3) is 11.8 Å². The van der Waals surface area contributed by atoms with Gasteiger partial charge in [0.2, 0.25) is 5.91 Å². The summed E-state index contributed by atoms with van der Waals surface area (Å²) < 4.78 is 0.724. The summed E-state index contributed by atoms with van der Waals surface area (Å²) in [4.78, 5) is 37.7. The smallest absolute Gasteiger partial charge is 0.262 e. The number of carbonyl (C=O) groups excluding carboxylic acids is 3. The largest absolute Gasteiger partial charge is 0.355 e. The minimum Gasteiger partial charge on any atom is -0.355 e. The maximum absolute atomic E-state index is 12.3. The summed E-state index contributed by atoms with van der Waals surface area (Å²) in [7, 11) is 0. The first-order chi connectivity index (χ1) is 12.6. The number of hydrogen-bond donors (Lipinski definition) is 1. The van der Waals surface area contributed by atoms with E-state index in [0.29, 0.717) is 17.7 Å². The van der Waals surface area contributed by atoms with Crippen LogP contribution in [0.3, 0.4) is 0 Å². The van der Waals surface area contributed by atoms with Gasteiger partial charge in [-0.2, -0.15) is 0 Å². The molecule has 2 aromatic rings. The molecule has 2 aromatic carbocycles. The van der Waals surface area contributed by atoms with E-state index in [1.807, 2.05) is 18.2 Å². The molecule has 5 nitrogen and oxygen atoms in total. The molecular weight excluding hydrogens is 396 g/mol. The Bertz CT molecular complexity index is 836. The molecule has 26 heavy (non-hydrogen) atoms. The van der Waals surface area contributed by atoms with Crippen LogP contribution in [-0.2, 0) is 11.2 Å². The Balaban J connectivity index is 1.44. The molecule has 0 bridgehead atoms. The predicted octanol–water partition coefficient (Wildman–Crippen LogP) is 3.18. The van der Waals surface area contributed by atoms with Crippen molar-refractivity contribution in [3.05, 3.63) is 69.7 Å². The van der Waals surface area contributed by atoms with E-state index in [1.54, 1.807) is 18.2 Å². The molecule has 0 aromatic heterocycles. The molecule has 3 rings (SSSR count). The van der Waals surface area contributed by atoms with E-state index >= 15 is 0 Å². The van der Waals surface area contributed by atoms with E-state index in [1.165, 1.54) is 5.56 Å². The van der Waals surface area contributed by atoms with Gasteiger partial charge < -0.3 is 5.32 Å². The molecule has 0 unspecified atom stereocenters. The Kier molecular flexibility index (Phi) is 5.83. The number of carbonyl (C=O) groups is 3. The van der Waals surface area contributed by atoms with Crippen LogP contribution < -0.4 is 5.32 Å². The van der Waals surface area contributed by atoms with Crippen LogP contribution in [0, 0.1) is 0 Å². The van der Waals surface area contributed by atoms with Crippen LogP contribution >= 0.6 is 15.9 Å². The second-order valence-electron chi connectivity index (χ2n) is 6.18. The second-order valence-corrected chi connectivity index (χ2v) is 7.09. The van der Waals surface area contributed by atoms with Crippen molar-refractivity contribution in [3.63, 3.8) is 0 Å². The summed E-state index contributed by atoms with van der Waals surface area (Å²) in [5, 5.41) is 2.78. The highest BCUT2D eigenvalue weighted by Gasteiger charge is 2.36. The van der Waals surface area contributed by atoms with Crippen molar-refractivity contribution in [1.29, 1.82) is 0 Å². The van der Waals surface area contributed by atoms with Crippen molar-refractivity contribution < 1.29 is 14.4 Å². The molecule has 3 amide bonds. The van der Waals surface area contributed by atoms with Crippen molar-refractivity contribution in [1.82, 2.24) is 10.2 Å².